The molecule has 4 rings (SSSR count). The third-order valence-corrected chi connectivity index (χ3v) is 6.12. The van der Waals surface area contributed by atoms with Crippen molar-refractivity contribution in [3.63, 3.8) is 0 Å². The normalized spacial score (nSPS) is 13.5. The van der Waals surface area contributed by atoms with Crippen LogP contribution < -0.4 is 9.21 Å². The van der Waals surface area contributed by atoms with Crippen LogP contribution in [-0.4, -0.2) is 28.4 Å². The van der Waals surface area contributed by atoms with Crippen molar-refractivity contribution >= 4 is 38.1 Å². The Bertz CT molecular complexity index is 1100. The van der Waals surface area contributed by atoms with Gasteiger partial charge in [-0.25, -0.2) is 8.42 Å². The van der Waals surface area contributed by atoms with Crippen LogP contribution in [0.4, 0.5) is 11.4 Å². The van der Waals surface area contributed by atoms with Crippen LogP contribution in [0.25, 0.3) is 10.8 Å². The summed E-state index contributed by atoms with van der Waals surface area (Å²) in [6.45, 7) is 0. The first-order chi connectivity index (χ1) is 11.9. The van der Waals surface area contributed by atoms with Crippen LogP contribution in [0.3, 0.4) is 0 Å². The van der Waals surface area contributed by atoms with Gasteiger partial charge in [0.05, 0.1) is 16.1 Å². The molecule has 3 aromatic rings. The maximum Gasteiger partial charge on any atom is 0.273 e. The molecule has 0 atom stereocenters. The largest absolute Gasteiger partial charge is 0.378 e. The van der Waals surface area contributed by atoms with E-state index in [1.54, 1.807) is 36.4 Å². The Morgan fingerprint density at radius 3 is 2.16 bits per heavy atom. The molecule has 5 nitrogen and oxygen atoms in total. The zero-order chi connectivity index (χ0) is 17.8. The van der Waals surface area contributed by atoms with Gasteiger partial charge in [-0.05, 0) is 41.8 Å². The van der Waals surface area contributed by atoms with E-state index in [1.807, 2.05) is 31.1 Å². The number of sulfonamides is 1. The average Bonchev–Trinajstić information content (AvgIpc) is 2.90. The van der Waals surface area contributed by atoms with Gasteiger partial charge < -0.3 is 4.90 Å². The van der Waals surface area contributed by atoms with Gasteiger partial charge in [-0.1, -0.05) is 24.3 Å². The van der Waals surface area contributed by atoms with E-state index >= 15 is 0 Å². The average molecular weight is 352 g/mol. The Morgan fingerprint density at radius 2 is 1.52 bits per heavy atom. The Morgan fingerprint density at radius 1 is 0.880 bits per heavy atom. The number of benzene rings is 3. The Hall–Kier alpha value is -2.86. The van der Waals surface area contributed by atoms with Gasteiger partial charge in [0.25, 0.3) is 15.9 Å². The summed E-state index contributed by atoms with van der Waals surface area (Å²) in [5.74, 6) is -0.511. The first-order valence-corrected chi connectivity index (χ1v) is 9.24. The van der Waals surface area contributed by atoms with Gasteiger partial charge in [0, 0.05) is 25.2 Å². The lowest BCUT2D eigenvalue weighted by atomic mass is 10.1. The van der Waals surface area contributed by atoms with E-state index in [4.69, 9.17) is 0 Å². The number of amides is 1. The third-order valence-electron chi connectivity index (χ3n) is 4.41. The topological polar surface area (TPSA) is 57.7 Å². The van der Waals surface area contributed by atoms with Gasteiger partial charge in [-0.2, -0.15) is 4.31 Å². The van der Waals surface area contributed by atoms with Gasteiger partial charge in [-0.15, -0.1) is 0 Å². The van der Waals surface area contributed by atoms with Crippen molar-refractivity contribution in [3.8, 4) is 0 Å². The Balaban J connectivity index is 1.87. The number of carbonyl (C=O) groups is 1. The first kappa shape index (κ1) is 15.7. The van der Waals surface area contributed by atoms with Crippen LogP contribution >= 0.6 is 0 Å². The highest BCUT2D eigenvalue weighted by molar-refractivity contribution is 7.93. The molecule has 0 aliphatic carbocycles. The van der Waals surface area contributed by atoms with Crippen molar-refractivity contribution in [2.45, 2.75) is 4.90 Å². The minimum absolute atomic E-state index is 0.0938. The predicted octanol–water partition coefficient (Wildman–Crippen LogP) is 3.25. The summed E-state index contributed by atoms with van der Waals surface area (Å²) in [5, 5.41) is 1.53. The van der Waals surface area contributed by atoms with E-state index in [0.29, 0.717) is 16.6 Å². The Labute approximate surface area is 146 Å². The van der Waals surface area contributed by atoms with Crippen LogP contribution in [0, 0.1) is 0 Å². The molecule has 0 fully saturated rings. The zero-order valence-corrected chi connectivity index (χ0v) is 14.6. The van der Waals surface area contributed by atoms with Crippen molar-refractivity contribution < 1.29 is 13.2 Å². The lowest BCUT2D eigenvalue weighted by Gasteiger charge is -2.19. The fourth-order valence-electron chi connectivity index (χ4n) is 3.15. The molecule has 0 aromatic heterocycles. The molecule has 3 aromatic carbocycles. The maximum atomic E-state index is 13.1. The molecule has 0 unspecified atom stereocenters. The fraction of sp³-hybridized carbons (Fsp3) is 0.105. The summed E-state index contributed by atoms with van der Waals surface area (Å²) in [4.78, 5) is 14.8. The molecule has 6 heteroatoms. The molecule has 0 saturated carbocycles. The Kier molecular flexibility index (Phi) is 3.33. The molecule has 0 radical (unpaired) electrons. The van der Waals surface area contributed by atoms with E-state index < -0.39 is 15.9 Å². The summed E-state index contributed by atoms with van der Waals surface area (Å²) < 4.78 is 27.2. The van der Waals surface area contributed by atoms with E-state index in [-0.39, 0.29) is 4.90 Å². The van der Waals surface area contributed by atoms with Gasteiger partial charge in [-0.3, -0.25) is 4.79 Å². The molecule has 1 amide bonds. The van der Waals surface area contributed by atoms with Gasteiger partial charge in [0.2, 0.25) is 0 Å². The molecule has 0 bridgehead atoms. The smallest absolute Gasteiger partial charge is 0.273 e. The molecule has 25 heavy (non-hydrogen) atoms. The maximum absolute atomic E-state index is 13.1. The van der Waals surface area contributed by atoms with Crippen molar-refractivity contribution in [1.82, 2.24) is 0 Å². The second-order valence-electron chi connectivity index (χ2n) is 6.14. The van der Waals surface area contributed by atoms with Crippen molar-refractivity contribution in [1.29, 1.82) is 0 Å². The molecule has 0 N–H and O–H groups in total. The molecule has 0 spiro atoms. The number of carbonyl (C=O) groups excluding carboxylic acids is 1. The fourth-order valence-corrected chi connectivity index (χ4v) is 4.57. The second-order valence-corrected chi connectivity index (χ2v) is 7.93. The highest BCUT2D eigenvalue weighted by Crippen LogP contribution is 2.40. The lowest BCUT2D eigenvalue weighted by molar-refractivity contribution is 0.101. The van der Waals surface area contributed by atoms with Crippen LogP contribution in [0.1, 0.15) is 10.4 Å². The zero-order valence-electron chi connectivity index (χ0n) is 13.8. The lowest BCUT2D eigenvalue weighted by Crippen LogP contribution is -2.33. The van der Waals surface area contributed by atoms with E-state index in [1.165, 1.54) is 12.1 Å². The molecular formula is C19H16N2O3S. The summed E-state index contributed by atoms with van der Waals surface area (Å²) in [7, 11) is -0.219. The molecule has 1 heterocycles. The number of anilines is 2. The van der Waals surface area contributed by atoms with Crippen LogP contribution in [0.2, 0.25) is 0 Å². The van der Waals surface area contributed by atoms with Gasteiger partial charge in [0.1, 0.15) is 0 Å². The summed E-state index contributed by atoms with van der Waals surface area (Å²) in [5.41, 5.74) is 1.72. The van der Waals surface area contributed by atoms with Crippen molar-refractivity contribution in [2.75, 3.05) is 23.3 Å². The van der Waals surface area contributed by atoms with Gasteiger partial charge >= 0.3 is 0 Å². The standard InChI is InChI=1S/C19H16N2O3S/c1-20(2)14-9-11-15(12-10-14)25(23,24)21-17-8-4-6-13-5-3-7-16(18(13)17)19(21)22/h3-12H,1-2H3. The number of rotatable bonds is 3. The molecule has 0 saturated heterocycles. The quantitative estimate of drug-likeness (QED) is 0.726. The molecular weight excluding hydrogens is 336 g/mol. The highest BCUT2D eigenvalue weighted by atomic mass is 32.2. The first-order valence-electron chi connectivity index (χ1n) is 7.80. The summed E-state index contributed by atoms with van der Waals surface area (Å²) in [6, 6.07) is 17.1. The van der Waals surface area contributed by atoms with Crippen LogP contribution in [0.5, 0.6) is 0 Å². The number of hydrogen-bond donors (Lipinski definition) is 0. The van der Waals surface area contributed by atoms with Crippen LogP contribution in [-0.2, 0) is 10.0 Å². The third kappa shape index (κ3) is 2.21. The van der Waals surface area contributed by atoms with Crippen molar-refractivity contribution in [3.05, 3.63) is 66.2 Å². The van der Waals surface area contributed by atoms with Crippen molar-refractivity contribution in [2.24, 2.45) is 0 Å². The minimum atomic E-state index is -3.98. The monoisotopic (exact) mass is 352 g/mol. The second kappa shape index (κ2) is 5.32. The highest BCUT2D eigenvalue weighted by Gasteiger charge is 2.38. The van der Waals surface area contributed by atoms with E-state index in [9.17, 15) is 13.2 Å². The molecule has 1 aliphatic rings. The van der Waals surface area contributed by atoms with Crippen LogP contribution in [0.15, 0.2) is 65.6 Å². The molecule has 126 valence electrons. The van der Waals surface area contributed by atoms with Gasteiger partial charge in [0.15, 0.2) is 0 Å². The van der Waals surface area contributed by atoms with E-state index in [0.717, 1.165) is 15.4 Å². The summed E-state index contributed by atoms with van der Waals surface area (Å²) >= 11 is 0. The predicted molar refractivity (Wildman–Crippen MR) is 98.7 cm³/mol. The number of nitrogens with zero attached hydrogens (tertiary/aromatic N) is 2. The van der Waals surface area contributed by atoms with E-state index in [2.05, 4.69) is 0 Å². The summed E-state index contributed by atoms with van der Waals surface area (Å²) in [6.07, 6.45) is 0. The minimum Gasteiger partial charge on any atom is -0.378 e. The number of hydrogen-bond acceptors (Lipinski definition) is 4. The SMILES string of the molecule is CN(C)c1ccc(S(=O)(=O)N2C(=O)c3cccc4cccc2c34)cc1. The molecule has 1 aliphatic heterocycles.